The first-order valence-electron chi connectivity index (χ1n) is 8.13. The number of carbonyl (C=O) groups excluding carboxylic acids is 1. The highest BCUT2D eigenvalue weighted by molar-refractivity contribution is 5.81. The standard InChI is InChI=1S/C16H32N2O2/c1-5-7-8-12-18(3)14-9-10-16(13-14,15(19)20-4)17-11-6-2/h14,17H,5-13H2,1-4H3. The van der Waals surface area contributed by atoms with Crippen LogP contribution in [0.4, 0.5) is 0 Å². The lowest BCUT2D eigenvalue weighted by Crippen LogP contribution is -2.52. The highest BCUT2D eigenvalue weighted by Gasteiger charge is 2.46. The number of ether oxygens (including phenoxy) is 1. The van der Waals surface area contributed by atoms with E-state index in [-0.39, 0.29) is 5.97 Å². The molecule has 0 spiro atoms. The molecule has 1 aliphatic rings. The SMILES string of the molecule is CCCCCN(C)C1CCC(NCCC)(C(=O)OC)C1. The summed E-state index contributed by atoms with van der Waals surface area (Å²) in [6.45, 7) is 6.36. The van der Waals surface area contributed by atoms with Crippen LogP contribution in [0.5, 0.6) is 0 Å². The predicted molar refractivity (Wildman–Crippen MR) is 82.8 cm³/mol. The molecule has 4 heteroatoms. The van der Waals surface area contributed by atoms with E-state index in [1.54, 1.807) is 0 Å². The Labute approximate surface area is 124 Å². The second-order valence-electron chi connectivity index (χ2n) is 6.08. The molecule has 0 amide bonds. The summed E-state index contributed by atoms with van der Waals surface area (Å²) in [5.41, 5.74) is -0.450. The Morgan fingerprint density at radius 1 is 1.35 bits per heavy atom. The quantitative estimate of drug-likeness (QED) is 0.522. The lowest BCUT2D eigenvalue weighted by Gasteiger charge is -2.30. The summed E-state index contributed by atoms with van der Waals surface area (Å²) in [5, 5.41) is 3.45. The van der Waals surface area contributed by atoms with Crippen molar-refractivity contribution in [3.8, 4) is 0 Å². The van der Waals surface area contributed by atoms with Crippen LogP contribution in [0.15, 0.2) is 0 Å². The van der Waals surface area contributed by atoms with E-state index in [1.165, 1.54) is 26.4 Å². The highest BCUT2D eigenvalue weighted by atomic mass is 16.5. The van der Waals surface area contributed by atoms with Gasteiger partial charge in [0, 0.05) is 6.04 Å². The van der Waals surface area contributed by atoms with Crippen molar-refractivity contribution in [2.24, 2.45) is 0 Å². The van der Waals surface area contributed by atoms with Crippen molar-refractivity contribution in [1.82, 2.24) is 10.2 Å². The molecule has 0 heterocycles. The third kappa shape index (κ3) is 4.45. The number of hydrogen-bond donors (Lipinski definition) is 1. The number of rotatable bonds is 9. The van der Waals surface area contributed by atoms with Crippen molar-refractivity contribution < 1.29 is 9.53 Å². The minimum absolute atomic E-state index is 0.0876. The summed E-state index contributed by atoms with van der Waals surface area (Å²) in [6.07, 6.45) is 7.67. The first-order valence-corrected chi connectivity index (χ1v) is 8.13. The summed E-state index contributed by atoms with van der Waals surface area (Å²) < 4.78 is 5.04. The van der Waals surface area contributed by atoms with Gasteiger partial charge in [0.25, 0.3) is 0 Å². The molecule has 0 bridgehead atoms. The maximum atomic E-state index is 12.2. The lowest BCUT2D eigenvalue weighted by molar-refractivity contribution is -0.148. The van der Waals surface area contributed by atoms with E-state index in [4.69, 9.17) is 4.74 Å². The zero-order chi connectivity index (χ0) is 15.0. The van der Waals surface area contributed by atoms with Gasteiger partial charge in [-0.15, -0.1) is 0 Å². The van der Waals surface area contributed by atoms with Gasteiger partial charge < -0.3 is 15.0 Å². The number of carbonyl (C=O) groups is 1. The van der Waals surface area contributed by atoms with Crippen LogP contribution in [0.25, 0.3) is 0 Å². The van der Waals surface area contributed by atoms with Gasteiger partial charge >= 0.3 is 5.97 Å². The van der Waals surface area contributed by atoms with Crippen LogP contribution in [-0.2, 0) is 9.53 Å². The third-order valence-electron chi connectivity index (χ3n) is 4.52. The van der Waals surface area contributed by atoms with Gasteiger partial charge in [0.15, 0.2) is 0 Å². The minimum atomic E-state index is -0.450. The number of esters is 1. The molecule has 1 N–H and O–H groups in total. The number of nitrogens with zero attached hydrogens (tertiary/aromatic N) is 1. The molecule has 2 unspecified atom stereocenters. The normalized spacial score (nSPS) is 26.1. The largest absolute Gasteiger partial charge is 0.468 e. The van der Waals surface area contributed by atoms with Gasteiger partial charge in [-0.05, 0) is 52.2 Å². The summed E-state index contributed by atoms with van der Waals surface area (Å²) >= 11 is 0. The minimum Gasteiger partial charge on any atom is -0.468 e. The molecule has 0 aliphatic heterocycles. The monoisotopic (exact) mass is 284 g/mol. The van der Waals surface area contributed by atoms with E-state index in [1.807, 2.05) is 0 Å². The Morgan fingerprint density at radius 2 is 2.10 bits per heavy atom. The molecule has 1 rings (SSSR count). The molecule has 0 aromatic rings. The Balaban J connectivity index is 2.57. The summed E-state index contributed by atoms with van der Waals surface area (Å²) in [5.74, 6) is -0.0876. The van der Waals surface area contributed by atoms with Crippen molar-refractivity contribution in [1.29, 1.82) is 0 Å². The molecule has 1 fully saturated rings. The molecule has 118 valence electrons. The Kier molecular flexibility index (Phi) is 7.52. The molecule has 0 aromatic heterocycles. The maximum absolute atomic E-state index is 12.2. The fraction of sp³-hybridized carbons (Fsp3) is 0.938. The van der Waals surface area contributed by atoms with E-state index >= 15 is 0 Å². The van der Waals surface area contributed by atoms with E-state index < -0.39 is 5.54 Å². The molecular weight excluding hydrogens is 252 g/mol. The second-order valence-corrected chi connectivity index (χ2v) is 6.08. The molecule has 20 heavy (non-hydrogen) atoms. The van der Waals surface area contributed by atoms with Crippen LogP contribution >= 0.6 is 0 Å². The van der Waals surface area contributed by atoms with Crippen LogP contribution in [0.2, 0.25) is 0 Å². The van der Waals surface area contributed by atoms with Gasteiger partial charge in [0.2, 0.25) is 0 Å². The van der Waals surface area contributed by atoms with Crippen molar-refractivity contribution in [2.45, 2.75) is 70.4 Å². The second kappa shape index (κ2) is 8.63. The van der Waals surface area contributed by atoms with E-state index in [2.05, 4.69) is 31.1 Å². The van der Waals surface area contributed by atoms with Gasteiger partial charge in [-0.2, -0.15) is 0 Å². The van der Waals surface area contributed by atoms with E-state index in [9.17, 15) is 4.79 Å². The Bertz CT molecular complexity index is 296. The number of nitrogens with one attached hydrogen (secondary N) is 1. The molecule has 0 saturated heterocycles. The smallest absolute Gasteiger partial charge is 0.326 e. The highest BCUT2D eigenvalue weighted by Crippen LogP contribution is 2.34. The van der Waals surface area contributed by atoms with Crippen LogP contribution < -0.4 is 5.32 Å². The van der Waals surface area contributed by atoms with Crippen LogP contribution in [0, 0.1) is 0 Å². The molecule has 1 saturated carbocycles. The number of methoxy groups -OCH3 is 1. The molecule has 0 aromatic carbocycles. The van der Waals surface area contributed by atoms with Crippen molar-refractivity contribution in [2.75, 3.05) is 27.2 Å². The summed E-state index contributed by atoms with van der Waals surface area (Å²) in [7, 11) is 3.68. The van der Waals surface area contributed by atoms with Gasteiger partial charge in [0.1, 0.15) is 5.54 Å². The van der Waals surface area contributed by atoms with Crippen molar-refractivity contribution in [3.63, 3.8) is 0 Å². The van der Waals surface area contributed by atoms with Crippen molar-refractivity contribution >= 4 is 5.97 Å². The average molecular weight is 284 g/mol. The maximum Gasteiger partial charge on any atom is 0.326 e. The van der Waals surface area contributed by atoms with Crippen LogP contribution in [0.3, 0.4) is 0 Å². The van der Waals surface area contributed by atoms with Gasteiger partial charge in [-0.1, -0.05) is 26.7 Å². The fourth-order valence-corrected chi connectivity index (χ4v) is 3.17. The fourth-order valence-electron chi connectivity index (χ4n) is 3.17. The lowest BCUT2D eigenvalue weighted by atomic mass is 9.97. The number of hydrogen-bond acceptors (Lipinski definition) is 4. The van der Waals surface area contributed by atoms with Crippen molar-refractivity contribution in [3.05, 3.63) is 0 Å². The van der Waals surface area contributed by atoms with Gasteiger partial charge in [-0.3, -0.25) is 4.79 Å². The summed E-state index contributed by atoms with van der Waals surface area (Å²) in [6, 6.07) is 0.496. The zero-order valence-electron chi connectivity index (χ0n) is 13.7. The Hall–Kier alpha value is -0.610. The van der Waals surface area contributed by atoms with Gasteiger partial charge in [0.05, 0.1) is 7.11 Å². The number of unbranched alkanes of at least 4 members (excludes halogenated alkanes) is 2. The van der Waals surface area contributed by atoms with Crippen LogP contribution in [-0.4, -0.2) is 49.7 Å². The summed E-state index contributed by atoms with van der Waals surface area (Å²) in [4.78, 5) is 14.6. The molecule has 2 atom stereocenters. The van der Waals surface area contributed by atoms with E-state index in [0.29, 0.717) is 6.04 Å². The average Bonchev–Trinajstić information content (AvgIpc) is 2.90. The molecule has 4 nitrogen and oxygen atoms in total. The zero-order valence-corrected chi connectivity index (χ0v) is 13.7. The topological polar surface area (TPSA) is 41.6 Å². The molecular formula is C16H32N2O2. The van der Waals surface area contributed by atoms with Crippen LogP contribution in [0.1, 0.15) is 58.8 Å². The Morgan fingerprint density at radius 3 is 2.70 bits per heavy atom. The first kappa shape index (κ1) is 17.4. The molecule has 1 aliphatic carbocycles. The molecule has 0 radical (unpaired) electrons. The predicted octanol–water partition coefficient (Wildman–Crippen LogP) is 2.57. The van der Waals surface area contributed by atoms with Gasteiger partial charge in [-0.25, -0.2) is 0 Å². The first-order chi connectivity index (χ1) is 9.59. The third-order valence-corrected chi connectivity index (χ3v) is 4.52. The van der Waals surface area contributed by atoms with E-state index in [0.717, 1.165) is 38.8 Å².